The molecule has 0 atom stereocenters. The second kappa shape index (κ2) is 6.76. The molecule has 128 valence electrons. The summed E-state index contributed by atoms with van der Waals surface area (Å²) in [5, 5.41) is 2.53. The third-order valence-corrected chi connectivity index (χ3v) is 3.86. The van der Waals surface area contributed by atoms with Gasteiger partial charge in [0.25, 0.3) is 5.91 Å². The molecular weight excluding hydrogens is 320 g/mol. The zero-order chi connectivity index (χ0) is 18.0. The van der Waals surface area contributed by atoms with Crippen molar-refractivity contribution in [1.29, 1.82) is 0 Å². The van der Waals surface area contributed by atoms with E-state index in [0.717, 1.165) is 5.57 Å². The Morgan fingerprint density at radius 3 is 2.56 bits per heavy atom. The predicted octanol–water partition coefficient (Wildman–Crippen LogP) is 2.77. The maximum absolute atomic E-state index is 12.3. The molecule has 6 nitrogen and oxygen atoms in total. The molecule has 0 radical (unpaired) electrons. The van der Waals surface area contributed by atoms with Crippen LogP contribution >= 0.6 is 0 Å². The van der Waals surface area contributed by atoms with Gasteiger partial charge in [-0.05, 0) is 24.6 Å². The molecule has 1 aromatic heterocycles. The quantitative estimate of drug-likeness (QED) is 0.931. The Balaban J connectivity index is 1.99. The largest absolute Gasteiger partial charge is 0.421 e. The summed E-state index contributed by atoms with van der Waals surface area (Å²) in [6, 6.07) is 9.93. The number of nitrogens with one attached hydrogen (secondary N) is 1. The van der Waals surface area contributed by atoms with E-state index < -0.39 is 11.5 Å². The lowest BCUT2D eigenvalue weighted by molar-refractivity contribution is 0.0974. The number of ketones is 1. The second-order valence-corrected chi connectivity index (χ2v) is 6.05. The number of hydrogen-bond acceptors (Lipinski definition) is 5. The Morgan fingerprint density at radius 1 is 1.16 bits per heavy atom. The van der Waals surface area contributed by atoms with Crippen molar-refractivity contribution in [2.24, 2.45) is 0 Å². The van der Waals surface area contributed by atoms with Gasteiger partial charge in [-0.2, -0.15) is 0 Å². The van der Waals surface area contributed by atoms with Crippen LogP contribution in [0.1, 0.15) is 39.3 Å². The first-order chi connectivity index (χ1) is 12.0. The average molecular weight is 338 g/mol. The van der Waals surface area contributed by atoms with E-state index in [0.29, 0.717) is 24.0 Å². The molecule has 1 N–H and O–H groups in total. The van der Waals surface area contributed by atoms with Gasteiger partial charge >= 0.3 is 5.63 Å². The zero-order valence-corrected chi connectivity index (χ0v) is 14.0. The number of fused-ring (bicyclic) bond motifs is 1. The standard InChI is InChI=1S/C19H18N2O4/c1-21(2)11-13-8-9-16(22)14-10-15(19(24)25-17(13)14)20-18(23)12-6-4-3-5-7-12/h3-7,10-11H,8-9H2,1-2H3,(H,20,23). The summed E-state index contributed by atoms with van der Waals surface area (Å²) in [5.74, 6) is -0.252. The van der Waals surface area contributed by atoms with E-state index in [4.69, 9.17) is 4.42 Å². The van der Waals surface area contributed by atoms with Crippen molar-refractivity contribution >= 4 is 23.0 Å². The van der Waals surface area contributed by atoms with Crippen LogP contribution in [0.25, 0.3) is 5.57 Å². The van der Waals surface area contributed by atoms with E-state index in [-0.39, 0.29) is 17.2 Å². The van der Waals surface area contributed by atoms with Gasteiger partial charge in [0.05, 0.1) is 5.56 Å². The van der Waals surface area contributed by atoms with Gasteiger partial charge in [-0.15, -0.1) is 0 Å². The molecule has 1 aromatic carbocycles. The lowest BCUT2D eigenvalue weighted by Crippen LogP contribution is -2.21. The Morgan fingerprint density at radius 2 is 1.88 bits per heavy atom. The van der Waals surface area contributed by atoms with Gasteiger partial charge in [0.15, 0.2) is 5.78 Å². The highest BCUT2D eigenvalue weighted by molar-refractivity contribution is 6.06. The van der Waals surface area contributed by atoms with Gasteiger partial charge in [-0.25, -0.2) is 4.79 Å². The molecule has 0 saturated carbocycles. The average Bonchev–Trinajstić information content (AvgIpc) is 2.59. The van der Waals surface area contributed by atoms with Crippen LogP contribution in [0.15, 0.2) is 51.8 Å². The van der Waals surface area contributed by atoms with Crippen molar-refractivity contribution in [3.8, 4) is 0 Å². The van der Waals surface area contributed by atoms with Crippen molar-refractivity contribution in [3.05, 3.63) is 69.9 Å². The fraction of sp³-hybridized carbons (Fsp3) is 0.211. The van der Waals surface area contributed by atoms with E-state index in [1.807, 2.05) is 25.2 Å². The highest BCUT2D eigenvalue weighted by atomic mass is 16.4. The van der Waals surface area contributed by atoms with Crippen LogP contribution in [0, 0.1) is 0 Å². The van der Waals surface area contributed by atoms with E-state index >= 15 is 0 Å². The van der Waals surface area contributed by atoms with E-state index in [2.05, 4.69) is 5.32 Å². The minimum absolute atomic E-state index is 0.0351. The summed E-state index contributed by atoms with van der Waals surface area (Å²) in [5.41, 5.74) is 0.813. The van der Waals surface area contributed by atoms with Gasteiger partial charge in [0.1, 0.15) is 11.4 Å². The number of carbonyl (C=O) groups excluding carboxylic acids is 2. The van der Waals surface area contributed by atoms with Crippen LogP contribution < -0.4 is 10.9 Å². The maximum Gasteiger partial charge on any atom is 0.360 e. The molecule has 0 unspecified atom stereocenters. The normalized spacial score (nSPS) is 15.0. The monoisotopic (exact) mass is 338 g/mol. The van der Waals surface area contributed by atoms with Gasteiger partial charge in [0, 0.05) is 37.9 Å². The van der Waals surface area contributed by atoms with Crippen LogP contribution in [0.4, 0.5) is 5.69 Å². The van der Waals surface area contributed by atoms with Crippen LogP contribution in [-0.4, -0.2) is 30.7 Å². The Bertz CT molecular complexity index is 911. The van der Waals surface area contributed by atoms with Crippen LogP contribution in [-0.2, 0) is 0 Å². The number of rotatable bonds is 3. The molecule has 0 saturated heterocycles. The second-order valence-electron chi connectivity index (χ2n) is 6.05. The molecule has 25 heavy (non-hydrogen) atoms. The molecule has 6 heteroatoms. The van der Waals surface area contributed by atoms with Crippen LogP contribution in [0.2, 0.25) is 0 Å². The SMILES string of the molecule is CN(C)C=C1CCC(=O)c2cc(NC(=O)c3ccccc3)c(=O)oc21. The summed E-state index contributed by atoms with van der Waals surface area (Å²) in [7, 11) is 3.71. The number of carbonyl (C=O) groups is 2. The van der Waals surface area contributed by atoms with Gasteiger partial charge < -0.3 is 14.6 Å². The molecule has 1 aliphatic carbocycles. The fourth-order valence-electron chi connectivity index (χ4n) is 2.72. The maximum atomic E-state index is 12.3. The fourth-order valence-corrected chi connectivity index (χ4v) is 2.72. The topological polar surface area (TPSA) is 79.6 Å². The first-order valence-corrected chi connectivity index (χ1v) is 7.91. The summed E-state index contributed by atoms with van der Waals surface area (Å²) < 4.78 is 5.37. The van der Waals surface area contributed by atoms with Crippen LogP contribution in [0.5, 0.6) is 0 Å². The number of allylic oxidation sites excluding steroid dienone is 1. The first-order valence-electron chi connectivity index (χ1n) is 7.91. The molecule has 1 aliphatic rings. The summed E-state index contributed by atoms with van der Waals surface area (Å²) in [4.78, 5) is 38.5. The molecule has 1 heterocycles. The Kier molecular flexibility index (Phi) is 4.52. The number of benzene rings is 1. The molecule has 0 fully saturated rings. The molecule has 0 aliphatic heterocycles. The number of anilines is 1. The number of Topliss-reactive ketones (excluding diaryl/α,β-unsaturated/α-hetero) is 1. The molecule has 0 bridgehead atoms. The van der Waals surface area contributed by atoms with Crippen molar-refractivity contribution in [2.45, 2.75) is 12.8 Å². The molecular formula is C19H18N2O4. The highest BCUT2D eigenvalue weighted by Crippen LogP contribution is 2.31. The van der Waals surface area contributed by atoms with E-state index in [1.165, 1.54) is 6.07 Å². The summed E-state index contributed by atoms with van der Waals surface area (Å²) in [6.07, 6.45) is 2.69. The smallest absolute Gasteiger partial charge is 0.360 e. The van der Waals surface area contributed by atoms with Gasteiger partial charge in [0.2, 0.25) is 0 Å². The third-order valence-electron chi connectivity index (χ3n) is 3.86. The van der Waals surface area contributed by atoms with E-state index in [1.54, 1.807) is 30.3 Å². The predicted molar refractivity (Wildman–Crippen MR) is 94.6 cm³/mol. The third kappa shape index (κ3) is 3.52. The van der Waals surface area contributed by atoms with Gasteiger partial charge in [-0.1, -0.05) is 18.2 Å². The zero-order valence-electron chi connectivity index (χ0n) is 14.0. The van der Waals surface area contributed by atoms with E-state index in [9.17, 15) is 14.4 Å². The van der Waals surface area contributed by atoms with Crippen LogP contribution in [0.3, 0.4) is 0 Å². The molecule has 1 amide bonds. The lowest BCUT2D eigenvalue weighted by Gasteiger charge is -2.18. The number of amides is 1. The summed E-state index contributed by atoms with van der Waals surface area (Å²) >= 11 is 0. The Hall–Kier alpha value is -3.15. The molecule has 0 spiro atoms. The number of nitrogens with zero attached hydrogens (tertiary/aromatic N) is 1. The molecule has 2 aromatic rings. The summed E-state index contributed by atoms with van der Waals surface area (Å²) in [6.45, 7) is 0. The molecule has 3 rings (SSSR count). The first kappa shape index (κ1) is 16.7. The minimum atomic E-state index is -0.678. The van der Waals surface area contributed by atoms with Gasteiger partial charge in [-0.3, -0.25) is 9.59 Å². The van der Waals surface area contributed by atoms with Crippen molar-refractivity contribution < 1.29 is 14.0 Å². The minimum Gasteiger partial charge on any atom is -0.421 e. The highest BCUT2D eigenvalue weighted by Gasteiger charge is 2.26. The number of hydrogen-bond donors (Lipinski definition) is 1. The van der Waals surface area contributed by atoms with Crippen molar-refractivity contribution in [3.63, 3.8) is 0 Å². The lowest BCUT2D eigenvalue weighted by atomic mass is 9.91. The van der Waals surface area contributed by atoms with Crippen molar-refractivity contribution in [1.82, 2.24) is 4.90 Å². The van der Waals surface area contributed by atoms with Crippen molar-refractivity contribution in [2.75, 3.05) is 19.4 Å². The Labute approximate surface area is 144 Å².